The molecule has 0 radical (unpaired) electrons. The highest BCUT2D eigenvalue weighted by atomic mass is 16.5. The molecule has 1 aromatic rings. The topological polar surface area (TPSA) is 46.5 Å². The molecule has 1 rings (SSSR count). The van der Waals surface area contributed by atoms with Gasteiger partial charge in [0.05, 0.1) is 19.6 Å². The first-order valence-electron chi connectivity index (χ1n) is 5.21. The first kappa shape index (κ1) is 12.5. The maximum Gasteiger partial charge on any atom is 0.307 e. The van der Waals surface area contributed by atoms with E-state index >= 15 is 0 Å². The van der Waals surface area contributed by atoms with Crippen LogP contribution in [0.3, 0.4) is 0 Å². The molecule has 0 fully saturated rings. The lowest BCUT2D eigenvalue weighted by Crippen LogP contribution is -2.00. The van der Waals surface area contributed by atoms with Crippen LogP contribution in [0.15, 0.2) is 36.4 Å². The van der Waals surface area contributed by atoms with E-state index in [1.807, 2.05) is 43.3 Å². The molecular weight excluding hydrogens is 204 g/mol. The second-order valence-corrected chi connectivity index (χ2v) is 3.47. The summed E-state index contributed by atoms with van der Waals surface area (Å²) in [5.41, 5.74) is 1.86. The zero-order valence-electron chi connectivity index (χ0n) is 9.35. The second-order valence-electron chi connectivity index (χ2n) is 3.47. The Morgan fingerprint density at radius 1 is 1.31 bits per heavy atom. The summed E-state index contributed by atoms with van der Waals surface area (Å²) in [7, 11) is 0. The number of ether oxygens (including phenoxy) is 1. The highest BCUT2D eigenvalue weighted by Crippen LogP contribution is 2.06. The number of hydrogen-bond acceptors (Lipinski definition) is 2. The third-order valence-electron chi connectivity index (χ3n) is 2.10. The van der Waals surface area contributed by atoms with Crippen LogP contribution in [0, 0.1) is 0 Å². The first-order valence-corrected chi connectivity index (χ1v) is 5.21. The van der Waals surface area contributed by atoms with Crippen molar-refractivity contribution in [2.75, 3.05) is 6.61 Å². The number of benzene rings is 1. The summed E-state index contributed by atoms with van der Waals surface area (Å²) in [6, 6.07) is 7.44. The summed E-state index contributed by atoms with van der Waals surface area (Å²) in [5, 5.41) is 8.60. The lowest BCUT2D eigenvalue weighted by molar-refractivity contribution is -0.136. The van der Waals surface area contributed by atoms with Gasteiger partial charge in [0.2, 0.25) is 0 Å². The van der Waals surface area contributed by atoms with Crippen LogP contribution >= 0.6 is 0 Å². The summed E-state index contributed by atoms with van der Waals surface area (Å²) in [4.78, 5) is 10.5. The van der Waals surface area contributed by atoms with Gasteiger partial charge < -0.3 is 9.84 Å². The van der Waals surface area contributed by atoms with E-state index in [2.05, 4.69) is 0 Å². The molecule has 0 aromatic heterocycles. The van der Waals surface area contributed by atoms with Crippen LogP contribution in [0.25, 0.3) is 0 Å². The zero-order chi connectivity index (χ0) is 11.8. The van der Waals surface area contributed by atoms with Crippen molar-refractivity contribution in [3.05, 3.63) is 47.5 Å². The number of carbonyl (C=O) groups is 1. The fourth-order valence-electron chi connectivity index (χ4n) is 1.27. The van der Waals surface area contributed by atoms with Crippen LogP contribution in [0.5, 0.6) is 0 Å². The minimum atomic E-state index is -0.808. The molecular formula is C13H16O3. The van der Waals surface area contributed by atoms with Gasteiger partial charge in [-0.1, -0.05) is 36.4 Å². The molecule has 1 aromatic carbocycles. The standard InChI is InChI=1S/C13H16O3/c1-2-3-8-16-10-12-6-4-11(5-7-12)9-13(14)15/h2-7H,8-10H2,1H3,(H,14,15)/b3-2+. The highest BCUT2D eigenvalue weighted by molar-refractivity contribution is 5.70. The number of rotatable bonds is 6. The zero-order valence-corrected chi connectivity index (χ0v) is 9.35. The van der Waals surface area contributed by atoms with Crippen LogP contribution in [-0.4, -0.2) is 17.7 Å². The molecule has 3 nitrogen and oxygen atoms in total. The highest BCUT2D eigenvalue weighted by Gasteiger charge is 1.99. The molecule has 0 saturated heterocycles. The summed E-state index contributed by atoms with van der Waals surface area (Å²) < 4.78 is 5.38. The van der Waals surface area contributed by atoms with Crippen LogP contribution < -0.4 is 0 Å². The van der Waals surface area contributed by atoms with E-state index in [4.69, 9.17) is 9.84 Å². The predicted molar refractivity (Wildman–Crippen MR) is 62.3 cm³/mol. The minimum absolute atomic E-state index is 0.0692. The van der Waals surface area contributed by atoms with E-state index in [0.717, 1.165) is 11.1 Å². The van der Waals surface area contributed by atoms with E-state index in [1.54, 1.807) is 0 Å². The maximum absolute atomic E-state index is 10.5. The van der Waals surface area contributed by atoms with Gasteiger partial charge in [-0.3, -0.25) is 4.79 Å². The van der Waals surface area contributed by atoms with Gasteiger partial charge >= 0.3 is 5.97 Å². The summed E-state index contributed by atoms with van der Waals surface area (Å²) in [6.07, 6.45) is 3.95. The van der Waals surface area contributed by atoms with Gasteiger partial charge in [0.25, 0.3) is 0 Å². The molecule has 0 aliphatic carbocycles. The van der Waals surface area contributed by atoms with Gasteiger partial charge in [-0.15, -0.1) is 0 Å². The van der Waals surface area contributed by atoms with E-state index in [0.29, 0.717) is 13.2 Å². The van der Waals surface area contributed by atoms with Crippen molar-refractivity contribution in [2.24, 2.45) is 0 Å². The quantitative estimate of drug-likeness (QED) is 0.591. The van der Waals surface area contributed by atoms with Crippen LogP contribution in [0.2, 0.25) is 0 Å². The van der Waals surface area contributed by atoms with E-state index in [1.165, 1.54) is 0 Å². The minimum Gasteiger partial charge on any atom is -0.481 e. The molecule has 0 spiro atoms. The van der Waals surface area contributed by atoms with Gasteiger partial charge in [-0.25, -0.2) is 0 Å². The van der Waals surface area contributed by atoms with Gasteiger partial charge in [0.1, 0.15) is 0 Å². The van der Waals surface area contributed by atoms with Gasteiger partial charge in [-0.2, -0.15) is 0 Å². The lowest BCUT2D eigenvalue weighted by atomic mass is 10.1. The Balaban J connectivity index is 2.41. The monoisotopic (exact) mass is 220 g/mol. The Morgan fingerprint density at radius 3 is 2.50 bits per heavy atom. The van der Waals surface area contributed by atoms with E-state index in [9.17, 15) is 4.79 Å². The summed E-state index contributed by atoms with van der Waals surface area (Å²) in [6.45, 7) is 3.11. The molecule has 1 N–H and O–H groups in total. The second kappa shape index (κ2) is 6.80. The number of carboxylic acids is 1. The SMILES string of the molecule is C/C=C/COCc1ccc(CC(=O)O)cc1. The fraction of sp³-hybridized carbons (Fsp3) is 0.308. The maximum atomic E-state index is 10.5. The van der Waals surface area contributed by atoms with Crippen molar-refractivity contribution < 1.29 is 14.6 Å². The molecule has 0 aliphatic heterocycles. The Bertz CT molecular complexity index is 352. The molecule has 0 bridgehead atoms. The normalized spacial score (nSPS) is 10.8. The number of hydrogen-bond donors (Lipinski definition) is 1. The molecule has 0 heterocycles. The third kappa shape index (κ3) is 4.75. The number of carboxylic acid groups (broad SMARTS) is 1. The number of aliphatic carboxylic acids is 1. The number of allylic oxidation sites excluding steroid dienone is 1. The van der Waals surface area contributed by atoms with Crippen molar-refractivity contribution in [2.45, 2.75) is 20.0 Å². The average Bonchev–Trinajstić information content (AvgIpc) is 2.26. The Morgan fingerprint density at radius 2 is 1.94 bits per heavy atom. The van der Waals surface area contributed by atoms with Gasteiger partial charge in [0.15, 0.2) is 0 Å². The smallest absolute Gasteiger partial charge is 0.307 e. The molecule has 0 aliphatic rings. The fourth-order valence-corrected chi connectivity index (χ4v) is 1.27. The van der Waals surface area contributed by atoms with Crippen molar-refractivity contribution in [1.82, 2.24) is 0 Å². The van der Waals surface area contributed by atoms with Gasteiger partial charge in [0, 0.05) is 0 Å². The molecule has 0 unspecified atom stereocenters. The predicted octanol–water partition coefficient (Wildman–Crippen LogP) is 2.41. The molecule has 0 saturated carbocycles. The third-order valence-corrected chi connectivity index (χ3v) is 2.10. The van der Waals surface area contributed by atoms with Crippen LogP contribution in [-0.2, 0) is 22.6 Å². The Labute approximate surface area is 95.4 Å². The molecule has 86 valence electrons. The lowest BCUT2D eigenvalue weighted by Gasteiger charge is -2.03. The van der Waals surface area contributed by atoms with Crippen molar-refractivity contribution in [1.29, 1.82) is 0 Å². The summed E-state index contributed by atoms with van der Waals surface area (Å²) >= 11 is 0. The molecule has 16 heavy (non-hydrogen) atoms. The summed E-state index contributed by atoms with van der Waals surface area (Å²) in [5.74, 6) is -0.808. The average molecular weight is 220 g/mol. The van der Waals surface area contributed by atoms with Gasteiger partial charge in [-0.05, 0) is 18.1 Å². The first-order chi connectivity index (χ1) is 7.72. The van der Waals surface area contributed by atoms with Crippen LogP contribution in [0.4, 0.5) is 0 Å². The molecule has 0 amide bonds. The van der Waals surface area contributed by atoms with Crippen molar-refractivity contribution in [3.8, 4) is 0 Å². The Hall–Kier alpha value is -1.61. The van der Waals surface area contributed by atoms with Crippen molar-refractivity contribution in [3.63, 3.8) is 0 Å². The largest absolute Gasteiger partial charge is 0.481 e. The van der Waals surface area contributed by atoms with Crippen LogP contribution in [0.1, 0.15) is 18.1 Å². The van der Waals surface area contributed by atoms with Crippen molar-refractivity contribution >= 4 is 5.97 Å². The van der Waals surface area contributed by atoms with E-state index < -0.39 is 5.97 Å². The van der Waals surface area contributed by atoms with E-state index in [-0.39, 0.29) is 6.42 Å². The molecule has 3 heteroatoms. The Kier molecular flexibility index (Phi) is 5.29. The molecule has 0 atom stereocenters.